The minimum absolute atomic E-state index is 0. The van der Waals surface area contributed by atoms with Crippen LogP contribution >= 0.6 is 12.4 Å². The smallest absolute Gasteiger partial charge is 0.148 e. The van der Waals surface area contributed by atoms with E-state index in [2.05, 4.69) is 4.90 Å². The highest BCUT2D eigenvalue weighted by Crippen LogP contribution is 2.24. The Kier molecular flexibility index (Phi) is 2.32. The summed E-state index contributed by atoms with van der Waals surface area (Å²) in [6.07, 6.45) is 3.39. The summed E-state index contributed by atoms with van der Waals surface area (Å²) in [5.74, 6) is 0.444. The molecular weight excluding hydrogens is 150 g/mol. The molecule has 10 heavy (non-hydrogen) atoms. The molecule has 3 heteroatoms. The van der Waals surface area contributed by atoms with Crippen LogP contribution in [0.2, 0.25) is 0 Å². The Morgan fingerprint density at radius 1 is 1.50 bits per heavy atom. The summed E-state index contributed by atoms with van der Waals surface area (Å²) in [4.78, 5) is 13.1. The topological polar surface area (TPSA) is 20.3 Å². The maximum absolute atomic E-state index is 10.8. The first-order valence-electron chi connectivity index (χ1n) is 3.62. The minimum Gasteiger partial charge on any atom is -0.298 e. The highest BCUT2D eigenvalue weighted by molar-refractivity contribution is 5.85. The summed E-state index contributed by atoms with van der Waals surface area (Å²) in [7, 11) is 0. The van der Waals surface area contributed by atoms with Gasteiger partial charge in [0.2, 0.25) is 0 Å². The minimum atomic E-state index is 0. The van der Waals surface area contributed by atoms with Gasteiger partial charge in [0.1, 0.15) is 5.78 Å². The molecule has 58 valence electrons. The van der Waals surface area contributed by atoms with Gasteiger partial charge in [0.05, 0.1) is 6.54 Å². The zero-order valence-electron chi connectivity index (χ0n) is 5.88. The summed E-state index contributed by atoms with van der Waals surface area (Å²) in [5, 5.41) is 0. The van der Waals surface area contributed by atoms with Crippen LogP contribution in [0.25, 0.3) is 0 Å². The van der Waals surface area contributed by atoms with Crippen LogP contribution in [0.1, 0.15) is 19.3 Å². The number of hydrogen-bond donors (Lipinski definition) is 0. The second kappa shape index (κ2) is 2.89. The second-order valence-electron chi connectivity index (χ2n) is 3.01. The summed E-state index contributed by atoms with van der Waals surface area (Å²) in [5.41, 5.74) is 0. The Morgan fingerprint density at radius 3 is 3.00 bits per heavy atom. The van der Waals surface area contributed by atoms with Gasteiger partial charge >= 0.3 is 0 Å². The Balaban J connectivity index is 0.000000500. The van der Waals surface area contributed by atoms with E-state index in [9.17, 15) is 4.79 Å². The van der Waals surface area contributed by atoms with E-state index in [4.69, 9.17) is 0 Å². The highest BCUT2D eigenvalue weighted by Gasteiger charge is 2.33. The summed E-state index contributed by atoms with van der Waals surface area (Å²) < 4.78 is 0. The van der Waals surface area contributed by atoms with Crippen LogP contribution in [-0.2, 0) is 4.79 Å². The molecule has 0 aliphatic carbocycles. The normalized spacial score (nSPS) is 32.0. The summed E-state index contributed by atoms with van der Waals surface area (Å²) in [6.45, 7) is 1.90. The van der Waals surface area contributed by atoms with Gasteiger partial charge in [-0.15, -0.1) is 12.4 Å². The highest BCUT2D eigenvalue weighted by atomic mass is 35.5. The van der Waals surface area contributed by atoms with E-state index in [1.807, 2.05) is 0 Å². The molecule has 2 heterocycles. The first kappa shape index (κ1) is 8.02. The Bertz CT molecular complexity index is 135. The molecule has 2 nitrogen and oxygen atoms in total. The van der Waals surface area contributed by atoms with E-state index < -0.39 is 0 Å². The fraction of sp³-hybridized carbons (Fsp3) is 0.857. The van der Waals surface area contributed by atoms with Gasteiger partial charge in [0, 0.05) is 12.5 Å². The van der Waals surface area contributed by atoms with Gasteiger partial charge < -0.3 is 0 Å². The lowest BCUT2D eigenvalue weighted by molar-refractivity contribution is -0.117. The van der Waals surface area contributed by atoms with E-state index in [0.29, 0.717) is 11.8 Å². The maximum atomic E-state index is 10.8. The number of halogens is 1. The number of carbonyl (C=O) groups excluding carboxylic acids is 1. The fourth-order valence-electron chi connectivity index (χ4n) is 1.89. The van der Waals surface area contributed by atoms with Gasteiger partial charge in [0.15, 0.2) is 0 Å². The van der Waals surface area contributed by atoms with Crippen molar-refractivity contribution in [1.82, 2.24) is 4.90 Å². The molecule has 0 amide bonds. The van der Waals surface area contributed by atoms with Crippen LogP contribution in [0, 0.1) is 0 Å². The van der Waals surface area contributed by atoms with E-state index in [-0.39, 0.29) is 12.4 Å². The molecule has 2 rings (SSSR count). The number of hydrogen-bond acceptors (Lipinski definition) is 2. The largest absolute Gasteiger partial charge is 0.298 e. The second-order valence-corrected chi connectivity index (χ2v) is 3.01. The Hall–Kier alpha value is -0.0800. The third-order valence-electron chi connectivity index (χ3n) is 2.34. The first-order valence-corrected chi connectivity index (χ1v) is 3.62. The zero-order valence-corrected chi connectivity index (χ0v) is 6.69. The van der Waals surface area contributed by atoms with Gasteiger partial charge in [-0.25, -0.2) is 0 Å². The molecule has 2 fully saturated rings. The van der Waals surface area contributed by atoms with E-state index in [1.165, 1.54) is 12.8 Å². The summed E-state index contributed by atoms with van der Waals surface area (Å²) in [6, 6.07) is 0.637. The van der Waals surface area contributed by atoms with Gasteiger partial charge in [0.25, 0.3) is 0 Å². The molecule has 1 unspecified atom stereocenters. The molecule has 0 bridgehead atoms. The van der Waals surface area contributed by atoms with Crippen LogP contribution < -0.4 is 0 Å². The molecule has 0 N–H and O–H groups in total. The number of Topliss-reactive ketones (excluding diaryl/α,β-unsaturated/α-hetero) is 1. The van der Waals surface area contributed by atoms with Crippen molar-refractivity contribution in [2.24, 2.45) is 0 Å². The average molecular weight is 162 g/mol. The fourth-order valence-corrected chi connectivity index (χ4v) is 1.89. The monoisotopic (exact) mass is 161 g/mol. The number of ketones is 1. The molecule has 0 aromatic heterocycles. The lowest BCUT2D eigenvalue weighted by Gasteiger charge is -2.10. The predicted molar refractivity (Wildman–Crippen MR) is 41.5 cm³/mol. The van der Waals surface area contributed by atoms with Crippen molar-refractivity contribution in [3.05, 3.63) is 0 Å². The Labute approximate surface area is 67.0 Å². The lowest BCUT2D eigenvalue weighted by Crippen LogP contribution is -2.22. The van der Waals surface area contributed by atoms with Gasteiger partial charge in [-0.1, -0.05) is 0 Å². The van der Waals surface area contributed by atoms with Crippen molar-refractivity contribution in [3.63, 3.8) is 0 Å². The van der Waals surface area contributed by atoms with Gasteiger partial charge in [-0.05, 0) is 19.4 Å². The van der Waals surface area contributed by atoms with Crippen LogP contribution in [0.5, 0.6) is 0 Å². The number of rotatable bonds is 0. The van der Waals surface area contributed by atoms with Crippen LogP contribution in [0.15, 0.2) is 0 Å². The van der Waals surface area contributed by atoms with Crippen molar-refractivity contribution in [1.29, 1.82) is 0 Å². The molecule has 0 saturated carbocycles. The van der Waals surface area contributed by atoms with E-state index in [0.717, 1.165) is 19.5 Å². The Morgan fingerprint density at radius 2 is 2.30 bits per heavy atom. The van der Waals surface area contributed by atoms with Crippen molar-refractivity contribution in [2.45, 2.75) is 25.3 Å². The van der Waals surface area contributed by atoms with E-state index in [1.54, 1.807) is 0 Å². The number of carbonyl (C=O) groups is 1. The molecule has 1 atom stereocenters. The van der Waals surface area contributed by atoms with Crippen LogP contribution in [0.3, 0.4) is 0 Å². The van der Waals surface area contributed by atoms with E-state index >= 15 is 0 Å². The number of fused-ring (bicyclic) bond motifs is 1. The third-order valence-corrected chi connectivity index (χ3v) is 2.34. The molecular formula is C7H12ClNO. The predicted octanol–water partition coefficient (Wildman–Crippen LogP) is 0.845. The third kappa shape index (κ3) is 1.18. The molecule has 2 aliphatic heterocycles. The number of nitrogens with zero attached hydrogens (tertiary/aromatic N) is 1. The van der Waals surface area contributed by atoms with Crippen LogP contribution in [0.4, 0.5) is 0 Å². The zero-order chi connectivity index (χ0) is 6.27. The molecule has 0 radical (unpaired) electrons. The average Bonchev–Trinajstić information content (AvgIpc) is 2.22. The van der Waals surface area contributed by atoms with Gasteiger partial charge in [-0.2, -0.15) is 0 Å². The van der Waals surface area contributed by atoms with Crippen molar-refractivity contribution in [3.8, 4) is 0 Å². The molecule has 2 aliphatic rings. The standard InChI is InChI=1S/C7H11NO.ClH/c9-7-4-6-2-1-3-8(6)5-7;/h6H,1-5H2;1H. The molecule has 0 aromatic rings. The van der Waals surface area contributed by atoms with Gasteiger partial charge in [-0.3, -0.25) is 9.69 Å². The quantitative estimate of drug-likeness (QED) is 0.525. The summed E-state index contributed by atoms with van der Waals surface area (Å²) >= 11 is 0. The maximum Gasteiger partial charge on any atom is 0.148 e. The van der Waals surface area contributed by atoms with Crippen molar-refractivity contribution >= 4 is 18.2 Å². The molecule has 2 saturated heterocycles. The molecule has 0 aromatic carbocycles. The molecule has 0 spiro atoms. The SMILES string of the molecule is Cl.O=C1CC2CCCN2C1. The lowest BCUT2D eigenvalue weighted by atomic mass is 10.1. The van der Waals surface area contributed by atoms with Crippen LogP contribution in [-0.4, -0.2) is 29.8 Å². The first-order chi connectivity index (χ1) is 4.36. The van der Waals surface area contributed by atoms with Crippen molar-refractivity contribution in [2.75, 3.05) is 13.1 Å². The van der Waals surface area contributed by atoms with Crippen molar-refractivity contribution < 1.29 is 4.79 Å².